The van der Waals surface area contributed by atoms with Crippen LogP contribution in [0.15, 0.2) is 21.8 Å². The number of halogens is 1. The van der Waals surface area contributed by atoms with Gasteiger partial charge in [0.15, 0.2) is 5.96 Å². The van der Waals surface area contributed by atoms with Gasteiger partial charge in [-0.3, -0.25) is 9.69 Å². The van der Waals surface area contributed by atoms with Crippen LogP contribution in [-0.4, -0.2) is 55.0 Å². The van der Waals surface area contributed by atoms with Crippen molar-refractivity contribution in [2.75, 3.05) is 32.7 Å². The molecule has 0 aliphatic heterocycles. The molecule has 0 fully saturated rings. The highest BCUT2D eigenvalue weighted by Crippen LogP contribution is 2.22. The van der Waals surface area contributed by atoms with Gasteiger partial charge in [-0.25, -0.2) is 4.99 Å². The molecule has 0 bridgehead atoms. The zero-order valence-electron chi connectivity index (χ0n) is 17.5. The molecule has 156 valence electrons. The van der Waals surface area contributed by atoms with Gasteiger partial charge >= 0.3 is 0 Å². The lowest BCUT2D eigenvalue weighted by Crippen LogP contribution is -2.45. The van der Waals surface area contributed by atoms with Crippen LogP contribution in [0.5, 0.6) is 0 Å². The molecule has 1 heterocycles. The van der Waals surface area contributed by atoms with Crippen molar-refractivity contribution in [1.82, 2.24) is 20.9 Å². The third-order valence-corrected chi connectivity index (χ3v) is 4.58. The Kier molecular flexibility index (Phi) is 12.9. The topological polar surface area (TPSA) is 68.8 Å². The zero-order valence-corrected chi connectivity index (χ0v) is 20.6. The van der Waals surface area contributed by atoms with Crippen molar-refractivity contribution in [3.63, 3.8) is 0 Å². The molecule has 1 unspecified atom stereocenters. The molecule has 0 aliphatic carbocycles. The molecule has 0 saturated carbocycles. The molecule has 1 atom stereocenters. The smallest absolute Gasteiger partial charge is 0.242 e. The first kappa shape index (κ1) is 26.1. The zero-order chi connectivity index (χ0) is 19.6. The summed E-state index contributed by atoms with van der Waals surface area (Å²) in [5, 5.41) is 13.9. The highest BCUT2D eigenvalue weighted by atomic mass is 127. The standard InChI is InChI=1S/C19H35N5OS.HI/c1-7-20-18(22-13-17(25)23-19(4,5)6)21-12-16(24(8-2)9-3)15-10-11-26-14-15;/h10-11,14,16H,7-9,12-13H2,1-6H3,(H,23,25)(H2,20,21,22);1H. The molecule has 1 aromatic rings. The molecule has 0 radical (unpaired) electrons. The van der Waals surface area contributed by atoms with Gasteiger partial charge in [0.25, 0.3) is 0 Å². The Balaban J connectivity index is 0.00000676. The van der Waals surface area contributed by atoms with Crippen molar-refractivity contribution >= 4 is 47.2 Å². The number of nitrogens with zero attached hydrogens (tertiary/aromatic N) is 2. The first-order valence-corrected chi connectivity index (χ1v) is 10.3. The second-order valence-electron chi connectivity index (χ2n) is 7.17. The van der Waals surface area contributed by atoms with Crippen molar-refractivity contribution < 1.29 is 4.79 Å². The van der Waals surface area contributed by atoms with E-state index in [0.717, 1.165) is 26.2 Å². The van der Waals surface area contributed by atoms with Gasteiger partial charge in [0.05, 0.1) is 6.04 Å². The van der Waals surface area contributed by atoms with Crippen molar-refractivity contribution in [1.29, 1.82) is 0 Å². The number of nitrogens with one attached hydrogen (secondary N) is 3. The Morgan fingerprint density at radius 3 is 2.37 bits per heavy atom. The predicted molar refractivity (Wildman–Crippen MR) is 127 cm³/mol. The van der Waals surface area contributed by atoms with Crippen molar-refractivity contribution in [2.24, 2.45) is 4.99 Å². The minimum Gasteiger partial charge on any atom is -0.357 e. The number of hydrogen-bond donors (Lipinski definition) is 3. The van der Waals surface area contributed by atoms with Gasteiger partial charge in [-0.15, -0.1) is 24.0 Å². The number of rotatable bonds is 9. The average Bonchev–Trinajstić information content (AvgIpc) is 3.08. The molecule has 3 N–H and O–H groups in total. The lowest BCUT2D eigenvalue weighted by Gasteiger charge is -2.30. The summed E-state index contributed by atoms with van der Waals surface area (Å²) in [4.78, 5) is 18.9. The maximum atomic E-state index is 12.0. The van der Waals surface area contributed by atoms with Crippen LogP contribution < -0.4 is 16.0 Å². The number of hydrogen-bond acceptors (Lipinski definition) is 4. The van der Waals surface area contributed by atoms with Gasteiger partial charge in [-0.1, -0.05) is 13.8 Å². The van der Waals surface area contributed by atoms with Crippen LogP contribution in [0, 0.1) is 0 Å². The van der Waals surface area contributed by atoms with Crippen molar-refractivity contribution in [3.05, 3.63) is 22.4 Å². The summed E-state index contributed by atoms with van der Waals surface area (Å²) in [6.07, 6.45) is 0. The summed E-state index contributed by atoms with van der Waals surface area (Å²) in [7, 11) is 0. The summed E-state index contributed by atoms with van der Waals surface area (Å²) in [6.45, 7) is 15.9. The third kappa shape index (κ3) is 10.3. The maximum Gasteiger partial charge on any atom is 0.242 e. The molecule has 0 aliphatic rings. The molecule has 27 heavy (non-hydrogen) atoms. The fraction of sp³-hybridized carbons (Fsp3) is 0.684. The summed E-state index contributed by atoms with van der Waals surface area (Å²) in [5.41, 5.74) is 1.07. The van der Waals surface area contributed by atoms with Crippen molar-refractivity contribution in [2.45, 2.75) is 53.1 Å². The van der Waals surface area contributed by atoms with Gasteiger partial charge in [-0.05, 0) is 63.2 Å². The number of amides is 1. The van der Waals surface area contributed by atoms with Gasteiger partial charge in [0, 0.05) is 18.6 Å². The fourth-order valence-corrected chi connectivity index (χ4v) is 3.44. The predicted octanol–water partition coefficient (Wildman–Crippen LogP) is 3.22. The number of guanidine groups is 1. The molecule has 8 heteroatoms. The molecular formula is C19H36IN5OS. The van der Waals surface area contributed by atoms with Crippen LogP contribution in [0.25, 0.3) is 0 Å². The Morgan fingerprint density at radius 1 is 1.22 bits per heavy atom. The fourth-order valence-electron chi connectivity index (χ4n) is 2.73. The van der Waals surface area contributed by atoms with Crippen LogP contribution in [0.4, 0.5) is 0 Å². The van der Waals surface area contributed by atoms with E-state index in [2.05, 4.69) is 56.5 Å². The summed E-state index contributed by atoms with van der Waals surface area (Å²) in [5.74, 6) is 0.594. The molecular weight excluding hydrogens is 473 g/mol. The number of likely N-dealkylation sites (N-methyl/N-ethyl adjacent to an activating group) is 1. The summed E-state index contributed by atoms with van der Waals surface area (Å²) >= 11 is 1.72. The van der Waals surface area contributed by atoms with E-state index in [-0.39, 0.29) is 48.0 Å². The normalized spacial score (nSPS) is 13.1. The second-order valence-corrected chi connectivity index (χ2v) is 7.95. The highest BCUT2D eigenvalue weighted by molar-refractivity contribution is 14.0. The van der Waals surface area contributed by atoms with Crippen LogP contribution in [0.1, 0.15) is 53.1 Å². The lowest BCUT2D eigenvalue weighted by atomic mass is 10.1. The molecule has 1 rings (SSSR count). The molecule has 1 aromatic heterocycles. The Bertz CT molecular complexity index is 553. The third-order valence-electron chi connectivity index (χ3n) is 3.88. The van der Waals surface area contributed by atoms with Crippen LogP contribution in [0.2, 0.25) is 0 Å². The van der Waals surface area contributed by atoms with E-state index >= 15 is 0 Å². The molecule has 6 nitrogen and oxygen atoms in total. The van der Waals surface area contributed by atoms with Gasteiger partial charge in [-0.2, -0.15) is 11.3 Å². The van der Waals surface area contributed by atoms with Crippen LogP contribution in [0.3, 0.4) is 0 Å². The van der Waals surface area contributed by atoms with Crippen molar-refractivity contribution in [3.8, 4) is 0 Å². The second kappa shape index (κ2) is 13.3. The van der Waals surface area contributed by atoms with Crippen LogP contribution >= 0.6 is 35.3 Å². The molecule has 0 spiro atoms. The number of carbonyl (C=O) groups excluding carboxylic acids is 1. The van der Waals surface area contributed by atoms with E-state index in [9.17, 15) is 4.79 Å². The molecule has 0 saturated heterocycles. The summed E-state index contributed by atoms with van der Waals surface area (Å²) < 4.78 is 0. The van der Waals surface area contributed by atoms with Gasteiger partial charge < -0.3 is 16.0 Å². The van der Waals surface area contributed by atoms with E-state index in [1.165, 1.54) is 5.56 Å². The van der Waals surface area contributed by atoms with E-state index in [1.54, 1.807) is 11.3 Å². The minimum absolute atomic E-state index is 0. The van der Waals surface area contributed by atoms with E-state index in [4.69, 9.17) is 0 Å². The Hall–Kier alpha value is -0.870. The first-order valence-electron chi connectivity index (χ1n) is 9.40. The lowest BCUT2D eigenvalue weighted by molar-refractivity contribution is -0.121. The monoisotopic (exact) mass is 509 g/mol. The molecule has 1 amide bonds. The van der Waals surface area contributed by atoms with Gasteiger partial charge in [0.1, 0.15) is 6.54 Å². The van der Waals surface area contributed by atoms with Crippen LogP contribution in [-0.2, 0) is 4.79 Å². The largest absolute Gasteiger partial charge is 0.357 e. The van der Waals surface area contributed by atoms with Gasteiger partial charge in [0.2, 0.25) is 5.91 Å². The minimum atomic E-state index is -0.245. The Labute approximate surface area is 185 Å². The molecule has 0 aromatic carbocycles. The SMILES string of the molecule is CCNC(=NCC(=O)NC(C)(C)C)NCC(c1ccsc1)N(CC)CC.I. The quantitative estimate of drug-likeness (QED) is 0.272. The van der Waals surface area contributed by atoms with E-state index < -0.39 is 0 Å². The van der Waals surface area contributed by atoms with E-state index in [0.29, 0.717) is 5.96 Å². The number of thiophene rings is 1. The Morgan fingerprint density at radius 2 is 1.89 bits per heavy atom. The highest BCUT2D eigenvalue weighted by Gasteiger charge is 2.19. The number of carbonyl (C=O) groups is 1. The maximum absolute atomic E-state index is 12.0. The first-order chi connectivity index (χ1) is 12.3. The average molecular weight is 510 g/mol. The summed E-state index contributed by atoms with van der Waals surface area (Å²) in [6, 6.07) is 2.46. The number of aliphatic imine (C=N–C) groups is 1. The van der Waals surface area contributed by atoms with E-state index in [1.807, 2.05) is 27.7 Å².